The molecule has 1 aliphatic carbocycles. The average Bonchev–Trinajstić information content (AvgIpc) is 2.02. The molecule has 0 amide bonds. The number of hydrogen-bond donors (Lipinski definition) is 0. The van der Waals surface area contributed by atoms with Gasteiger partial charge in [0.05, 0.1) is 5.97 Å². The smallest absolute Gasteiger partial charge is 0.0520 e. The lowest BCUT2D eigenvalue weighted by atomic mass is 9.65. The average molecular weight is 161 g/mol. The van der Waals surface area contributed by atoms with Crippen LogP contribution < -0.4 is 5.11 Å². The molecule has 0 radical (unpaired) electrons. The van der Waals surface area contributed by atoms with Gasteiger partial charge in [0.25, 0.3) is 0 Å². The Morgan fingerprint density at radius 1 is 1.50 bits per heavy atom. The second kappa shape index (κ2) is 2.09. The molecule has 1 aromatic carbocycles. The highest BCUT2D eigenvalue weighted by Crippen LogP contribution is 2.39. The van der Waals surface area contributed by atoms with Gasteiger partial charge >= 0.3 is 0 Å². The van der Waals surface area contributed by atoms with Gasteiger partial charge in [0.15, 0.2) is 0 Å². The number of benzene rings is 1. The molecule has 0 saturated carbocycles. The second-order valence-corrected chi connectivity index (χ2v) is 3.45. The van der Waals surface area contributed by atoms with Crippen molar-refractivity contribution < 1.29 is 9.90 Å². The maximum atomic E-state index is 10.8. The Bertz CT molecular complexity index is 343. The lowest BCUT2D eigenvalue weighted by Crippen LogP contribution is -2.50. The minimum Gasteiger partial charge on any atom is -0.549 e. The van der Waals surface area contributed by atoms with E-state index in [4.69, 9.17) is 0 Å². The molecular formula is C10H9O2-. The third-order valence-corrected chi connectivity index (χ3v) is 2.61. The molecule has 0 heterocycles. The van der Waals surface area contributed by atoms with Gasteiger partial charge in [-0.1, -0.05) is 24.3 Å². The molecule has 0 saturated heterocycles. The molecule has 0 fully saturated rings. The van der Waals surface area contributed by atoms with E-state index in [1.807, 2.05) is 24.3 Å². The van der Waals surface area contributed by atoms with Crippen molar-refractivity contribution >= 4 is 5.97 Å². The molecule has 0 spiro atoms. The maximum Gasteiger partial charge on any atom is 0.0520 e. The van der Waals surface area contributed by atoms with Crippen molar-refractivity contribution in [2.75, 3.05) is 0 Å². The van der Waals surface area contributed by atoms with Gasteiger partial charge in [-0.05, 0) is 24.5 Å². The minimum absolute atomic E-state index is 0.603. The van der Waals surface area contributed by atoms with Crippen LogP contribution in [0.2, 0.25) is 0 Å². The number of carbonyl (C=O) groups is 1. The zero-order valence-electron chi connectivity index (χ0n) is 6.83. The number of fused-ring (bicyclic) bond motifs is 1. The van der Waals surface area contributed by atoms with Crippen molar-refractivity contribution in [1.82, 2.24) is 0 Å². The van der Waals surface area contributed by atoms with Crippen LogP contribution >= 0.6 is 0 Å². The summed E-state index contributed by atoms with van der Waals surface area (Å²) in [5.41, 5.74) is 1.30. The Morgan fingerprint density at radius 2 is 2.17 bits per heavy atom. The zero-order chi connectivity index (χ0) is 8.77. The molecule has 0 aromatic heterocycles. The van der Waals surface area contributed by atoms with E-state index < -0.39 is 11.4 Å². The number of rotatable bonds is 1. The van der Waals surface area contributed by atoms with Crippen LogP contribution in [0.1, 0.15) is 18.1 Å². The standard InChI is InChI=1S/C10H10O2/c1-10(9(11)12)6-7-4-2-3-5-8(7)10/h2-5H,6H2,1H3,(H,11,12)/p-1/t10-/m0/s1. The van der Waals surface area contributed by atoms with E-state index in [0.717, 1.165) is 11.1 Å². The third kappa shape index (κ3) is 0.721. The Balaban J connectivity index is 2.48. The molecule has 1 aromatic rings. The Morgan fingerprint density at radius 3 is 2.75 bits per heavy atom. The van der Waals surface area contributed by atoms with Crippen molar-refractivity contribution in [1.29, 1.82) is 0 Å². The summed E-state index contributed by atoms with van der Waals surface area (Å²) in [6, 6.07) is 7.60. The summed E-state index contributed by atoms with van der Waals surface area (Å²) in [5, 5.41) is 10.8. The van der Waals surface area contributed by atoms with Gasteiger partial charge < -0.3 is 9.90 Å². The molecule has 1 atom stereocenters. The first-order chi connectivity index (χ1) is 5.64. The van der Waals surface area contributed by atoms with E-state index in [0.29, 0.717) is 6.42 Å². The van der Waals surface area contributed by atoms with Crippen molar-refractivity contribution in [2.45, 2.75) is 18.8 Å². The topological polar surface area (TPSA) is 40.1 Å². The summed E-state index contributed by atoms with van der Waals surface area (Å²) in [6.45, 7) is 1.71. The molecule has 0 aliphatic heterocycles. The van der Waals surface area contributed by atoms with E-state index >= 15 is 0 Å². The summed E-state index contributed by atoms with van der Waals surface area (Å²) >= 11 is 0. The molecule has 0 N–H and O–H groups in total. The normalized spacial score (nSPS) is 25.8. The molecular weight excluding hydrogens is 152 g/mol. The molecule has 2 rings (SSSR count). The molecule has 2 heteroatoms. The Kier molecular flexibility index (Phi) is 1.28. The quantitative estimate of drug-likeness (QED) is 0.592. The summed E-state index contributed by atoms with van der Waals surface area (Å²) < 4.78 is 0. The highest BCUT2D eigenvalue weighted by Gasteiger charge is 2.38. The molecule has 2 nitrogen and oxygen atoms in total. The molecule has 0 unspecified atom stereocenters. The Labute approximate surface area is 70.8 Å². The van der Waals surface area contributed by atoms with Gasteiger partial charge in [-0.2, -0.15) is 0 Å². The first-order valence-corrected chi connectivity index (χ1v) is 3.94. The molecule has 1 aliphatic rings. The van der Waals surface area contributed by atoms with Gasteiger partial charge in [-0.3, -0.25) is 0 Å². The molecule has 0 bridgehead atoms. The fourth-order valence-electron chi connectivity index (χ4n) is 1.76. The Hall–Kier alpha value is -1.31. The van der Waals surface area contributed by atoms with Crippen LogP contribution in [0.3, 0.4) is 0 Å². The largest absolute Gasteiger partial charge is 0.549 e. The van der Waals surface area contributed by atoms with Crippen LogP contribution in [0.15, 0.2) is 24.3 Å². The first kappa shape index (κ1) is 7.35. The number of carbonyl (C=O) groups excluding carboxylic acids is 1. The monoisotopic (exact) mass is 161 g/mol. The van der Waals surface area contributed by atoms with Crippen molar-refractivity contribution in [3.8, 4) is 0 Å². The number of aliphatic carboxylic acids is 1. The van der Waals surface area contributed by atoms with Gasteiger partial charge in [0.1, 0.15) is 0 Å². The lowest BCUT2D eigenvalue weighted by Gasteiger charge is -2.41. The molecule has 12 heavy (non-hydrogen) atoms. The predicted octanol–water partition coefficient (Wildman–Crippen LogP) is 0.250. The summed E-state index contributed by atoms with van der Waals surface area (Å²) in [4.78, 5) is 10.8. The van der Waals surface area contributed by atoms with Gasteiger partial charge in [-0.15, -0.1) is 0 Å². The van der Waals surface area contributed by atoms with E-state index in [2.05, 4.69) is 0 Å². The SMILES string of the molecule is C[C@]1(C(=O)[O-])Cc2ccccc21. The van der Waals surface area contributed by atoms with E-state index in [-0.39, 0.29) is 0 Å². The van der Waals surface area contributed by atoms with Crippen LogP contribution in [0.5, 0.6) is 0 Å². The van der Waals surface area contributed by atoms with Crippen LogP contribution in [-0.4, -0.2) is 5.97 Å². The third-order valence-electron chi connectivity index (χ3n) is 2.61. The van der Waals surface area contributed by atoms with Gasteiger partial charge in [0, 0.05) is 5.41 Å². The lowest BCUT2D eigenvalue weighted by molar-refractivity contribution is -0.314. The van der Waals surface area contributed by atoms with Crippen molar-refractivity contribution in [3.05, 3.63) is 35.4 Å². The van der Waals surface area contributed by atoms with E-state index in [1.54, 1.807) is 6.92 Å². The number of hydrogen-bond acceptors (Lipinski definition) is 2. The van der Waals surface area contributed by atoms with E-state index in [9.17, 15) is 9.90 Å². The number of carboxylic acid groups (broad SMARTS) is 1. The first-order valence-electron chi connectivity index (χ1n) is 3.94. The number of carboxylic acids is 1. The second-order valence-electron chi connectivity index (χ2n) is 3.45. The van der Waals surface area contributed by atoms with Crippen LogP contribution in [0.4, 0.5) is 0 Å². The van der Waals surface area contributed by atoms with Crippen molar-refractivity contribution in [2.24, 2.45) is 0 Å². The minimum atomic E-state index is -0.971. The van der Waals surface area contributed by atoms with Crippen LogP contribution in [-0.2, 0) is 16.6 Å². The fraction of sp³-hybridized carbons (Fsp3) is 0.300. The summed E-state index contributed by atoms with van der Waals surface area (Å²) in [5.74, 6) is -0.971. The predicted molar refractivity (Wildman–Crippen MR) is 42.5 cm³/mol. The van der Waals surface area contributed by atoms with E-state index in [1.165, 1.54) is 0 Å². The molecule has 62 valence electrons. The highest BCUT2D eigenvalue weighted by atomic mass is 16.4. The van der Waals surface area contributed by atoms with Crippen LogP contribution in [0, 0.1) is 0 Å². The van der Waals surface area contributed by atoms with Crippen LogP contribution in [0.25, 0.3) is 0 Å². The summed E-state index contributed by atoms with van der Waals surface area (Å²) in [7, 11) is 0. The van der Waals surface area contributed by atoms with Gasteiger partial charge in [0.2, 0.25) is 0 Å². The van der Waals surface area contributed by atoms with Crippen molar-refractivity contribution in [3.63, 3.8) is 0 Å². The summed E-state index contributed by atoms with van der Waals surface area (Å²) in [6.07, 6.45) is 0.603. The zero-order valence-corrected chi connectivity index (χ0v) is 6.83. The fourth-order valence-corrected chi connectivity index (χ4v) is 1.76. The van der Waals surface area contributed by atoms with Gasteiger partial charge in [-0.25, -0.2) is 0 Å². The maximum absolute atomic E-state index is 10.8. The highest BCUT2D eigenvalue weighted by molar-refractivity contribution is 5.83.